The van der Waals surface area contributed by atoms with E-state index in [1.54, 1.807) is 18.2 Å². The minimum Gasteiger partial charge on any atom is -0.295 e. The minimum atomic E-state index is 0.121. The third kappa shape index (κ3) is 5.26. The van der Waals surface area contributed by atoms with Crippen LogP contribution in [0.4, 0.5) is 0 Å². The summed E-state index contributed by atoms with van der Waals surface area (Å²) in [5.74, 6) is 0.121. The Morgan fingerprint density at radius 3 is 2.44 bits per heavy atom. The van der Waals surface area contributed by atoms with Crippen LogP contribution in [0, 0.1) is 0 Å². The van der Waals surface area contributed by atoms with Crippen molar-refractivity contribution in [1.82, 2.24) is 0 Å². The lowest BCUT2D eigenvalue weighted by molar-refractivity contribution is -0.114. The normalized spacial score (nSPS) is 11.4. The van der Waals surface area contributed by atoms with Gasteiger partial charge in [-0.2, -0.15) is 0 Å². The molecule has 0 heterocycles. The predicted octanol–water partition coefficient (Wildman–Crippen LogP) is 4.35. The van der Waals surface area contributed by atoms with E-state index in [0.717, 1.165) is 11.1 Å². The zero-order valence-electron chi connectivity index (χ0n) is 10.5. The molecule has 0 aromatic heterocycles. The van der Waals surface area contributed by atoms with Gasteiger partial charge in [0.1, 0.15) is 0 Å². The first-order valence-corrected chi connectivity index (χ1v) is 5.96. The fraction of sp³-hybridized carbons (Fsp3) is 0.118. The quantitative estimate of drug-likeness (QED) is 0.510. The first-order chi connectivity index (χ1) is 8.76. The maximum Gasteiger partial charge on any atom is 0.156 e. The standard InChI is InChI=1S/C17H18O/c1-3-8-15(4-2)11-13-17(18)14-12-16-9-6-5-7-10-16/h3-10,12,14H,1-2,11,13H2/b14-12+,15-8+. The highest BCUT2D eigenvalue weighted by atomic mass is 16.1. The molecule has 1 heteroatoms. The number of rotatable bonds is 7. The van der Waals surface area contributed by atoms with Gasteiger partial charge in [0.2, 0.25) is 0 Å². The second-order valence-corrected chi connectivity index (χ2v) is 3.89. The number of hydrogen-bond acceptors (Lipinski definition) is 1. The Balaban J connectivity index is 2.47. The maximum absolute atomic E-state index is 11.7. The average molecular weight is 238 g/mol. The van der Waals surface area contributed by atoms with Crippen LogP contribution in [0.3, 0.4) is 0 Å². The van der Waals surface area contributed by atoms with Crippen LogP contribution >= 0.6 is 0 Å². The monoisotopic (exact) mass is 238 g/mol. The van der Waals surface area contributed by atoms with Gasteiger partial charge in [-0.25, -0.2) is 0 Å². The number of allylic oxidation sites excluding steroid dienone is 5. The summed E-state index contributed by atoms with van der Waals surface area (Å²) in [6.45, 7) is 7.33. The molecule has 1 aromatic carbocycles. The first-order valence-electron chi connectivity index (χ1n) is 5.96. The molecule has 0 saturated heterocycles. The van der Waals surface area contributed by atoms with Crippen molar-refractivity contribution in [2.24, 2.45) is 0 Å². The zero-order valence-corrected chi connectivity index (χ0v) is 10.5. The van der Waals surface area contributed by atoms with Gasteiger partial charge in [-0.3, -0.25) is 4.79 Å². The third-order valence-electron chi connectivity index (χ3n) is 2.52. The van der Waals surface area contributed by atoms with Crippen molar-refractivity contribution < 1.29 is 4.79 Å². The smallest absolute Gasteiger partial charge is 0.156 e. The Labute approximate surface area is 109 Å². The number of ketones is 1. The summed E-state index contributed by atoms with van der Waals surface area (Å²) in [6.07, 6.45) is 10.0. The molecule has 0 atom stereocenters. The van der Waals surface area contributed by atoms with Crippen LogP contribution in [0.15, 0.2) is 73.4 Å². The van der Waals surface area contributed by atoms with Gasteiger partial charge in [-0.05, 0) is 23.6 Å². The fourth-order valence-electron chi connectivity index (χ4n) is 1.51. The Kier molecular flexibility index (Phi) is 6.20. The summed E-state index contributed by atoms with van der Waals surface area (Å²) >= 11 is 0. The van der Waals surface area contributed by atoms with E-state index in [1.807, 2.05) is 42.5 Å². The molecule has 1 aromatic rings. The number of carbonyl (C=O) groups excluding carboxylic acids is 1. The van der Waals surface area contributed by atoms with Crippen LogP contribution in [0.2, 0.25) is 0 Å². The average Bonchev–Trinajstić information content (AvgIpc) is 2.42. The molecule has 0 spiro atoms. The lowest BCUT2D eigenvalue weighted by Crippen LogP contribution is -1.93. The van der Waals surface area contributed by atoms with Crippen molar-refractivity contribution >= 4 is 11.9 Å². The SMILES string of the molecule is C=C/C=C(\C=C)CCC(=O)/C=C/c1ccccc1. The van der Waals surface area contributed by atoms with Crippen molar-refractivity contribution in [3.05, 3.63) is 78.9 Å². The molecule has 0 radical (unpaired) electrons. The molecular weight excluding hydrogens is 220 g/mol. The van der Waals surface area contributed by atoms with Gasteiger partial charge in [0, 0.05) is 6.42 Å². The largest absolute Gasteiger partial charge is 0.295 e. The summed E-state index contributed by atoms with van der Waals surface area (Å²) in [7, 11) is 0. The topological polar surface area (TPSA) is 17.1 Å². The van der Waals surface area contributed by atoms with Crippen LogP contribution in [0.1, 0.15) is 18.4 Å². The molecular formula is C17H18O. The van der Waals surface area contributed by atoms with Gasteiger partial charge in [0.25, 0.3) is 0 Å². The fourth-order valence-corrected chi connectivity index (χ4v) is 1.51. The van der Waals surface area contributed by atoms with Crippen molar-refractivity contribution in [2.75, 3.05) is 0 Å². The molecule has 0 N–H and O–H groups in total. The van der Waals surface area contributed by atoms with Crippen LogP contribution in [-0.4, -0.2) is 5.78 Å². The van der Waals surface area contributed by atoms with E-state index in [-0.39, 0.29) is 5.78 Å². The highest BCUT2D eigenvalue weighted by Gasteiger charge is 1.98. The van der Waals surface area contributed by atoms with E-state index in [1.165, 1.54) is 0 Å². The van der Waals surface area contributed by atoms with Crippen molar-refractivity contribution in [1.29, 1.82) is 0 Å². The van der Waals surface area contributed by atoms with Gasteiger partial charge in [0.05, 0.1) is 0 Å². The molecule has 0 aliphatic rings. The Bertz CT molecular complexity index is 464. The van der Waals surface area contributed by atoms with Gasteiger partial charge >= 0.3 is 0 Å². The Hall–Kier alpha value is -2.15. The van der Waals surface area contributed by atoms with Gasteiger partial charge in [0.15, 0.2) is 5.78 Å². The highest BCUT2D eigenvalue weighted by molar-refractivity contribution is 5.93. The van der Waals surface area contributed by atoms with E-state index < -0.39 is 0 Å². The molecule has 92 valence electrons. The third-order valence-corrected chi connectivity index (χ3v) is 2.52. The molecule has 0 fully saturated rings. The molecule has 0 amide bonds. The predicted molar refractivity (Wildman–Crippen MR) is 78.2 cm³/mol. The Morgan fingerprint density at radius 1 is 1.11 bits per heavy atom. The molecule has 0 unspecified atom stereocenters. The molecule has 1 nitrogen and oxygen atoms in total. The summed E-state index contributed by atoms with van der Waals surface area (Å²) < 4.78 is 0. The van der Waals surface area contributed by atoms with E-state index >= 15 is 0 Å². The second-order valence-electron chi connectivity index (χ2n) is 3.89. The molecule has 0 aliphatic carbocycles. The molecule has 0 bridgehead atoms. The zero-order chi connectivity index (χ0) is 13.2. The van der Waals surface area contributed by atoms with Crippen LogP contribution in [-0.2, 0) is 4.79 Å². The summed E-state index contributed by atoms with van der Waals surface area (Å²) in [5, 5.41) is 0. The summed E-state index contributed by atoms with van der Waals surface area (Å²) in [4.78, 5) is 11.7. The van der Waals surface area contributed by atoms with E-state index in [0.29, 0.717) is 12.8 Å². The first kappa shape index (κ1) is 13.9. The van der Waals surface area contributed by atoms with Crippen LogP contribution in [0.25, 0.3) is 6.08 Å². The maximum atomic E-state index is 11.7. The number of carbonyl (C=O) groups is 1. The van der Waals surface area contributed by atoms with Gasteiger partial charge in [-0.15, -0.1) is 0 Å². The van der Waals surface area contributed by atoms with Crippen LogP contribution < -0.4 is 0 Å². The van der Waals surface area contributed by atoms with E-state index in [2.05, 4.69) is 13.2 Å². The van der Waals surface area contributed by atoms with E-state index in [4.69, 9.17) is 0 Å². The lowest BCUT2D eigenvalue weighted by atomic mass is 10.1. The van der Waals surface area contributed by atoms with Gasteiger partial charge < -0.3 is 0 Å². The molecule has 0 aliphatic heterocycles. The van der Waals surface area contributed by atoms with Crippen LogP contribution in [0.5, 0.6) is 0 Å². The van der Waals surface area contributed by atoms with Crippen molar-refractivity contribution in [2.45, 2.75) is 12.8 Å². The lowest BCUT2D eigenvalue weighted by Gasteiger charge is -1.98. The minimum absolute atomic E-state index is 0.121. The Morgan fingerprint density at radius 2 is 1.83 bits per heavy atom. The summed E-state index contributed by atoms with van der Waals surface area (Å²) in [5.41, 5.74) is 2.07. The number of benzene rings is 1. The molecule has 18 heavy (non-hydrogen) atoms. The highest BCUT2D eigenvalue weighted by Crippen LogP contribution is 2.08. The van der Waals surface area contributed by atoms with Gasteiger partial charge in [-0.1, -0.05) is 67.8 Å². The number of hydrogen-bond donors (Lipinski definition) is 0. The molecule has 1 rings (SSSR count). The summed E-state index contributed by atoms with van der Waals surface area (Å²) in [6, 6.07) is 9.79. The van der Waals surface area contributed by atoms with E-state index in [9.17, 15) is 4.79 Å². The van der Waals surface area contributed by atoms with Crippen molar-refractivity contribution in [3.63, 3.8) is 0 Å². The van der Waals surface area contributed by atoms with Crippen molar-refractivity contribution in [3.8, 4) is 0 Å². The second kappa shape index (κ2) is 8.02. The molecule has 0 saturated carbocycles.